The third-order valence-electron chi connectivity index (χ3n) is 2.51. The van der Waals surface area contributed by atoms with E-state index in [4.69, 9.17) is 5.26 Å². The van der Waals surface area contributed by atoms with Crippen LogP contribution >= 0.6 is 0 Å². The van der Waals surface area contributed by atoms with Crippen LogP contribution in [0.3, 0.4) is 0 Å². The third-order valence-corrected chi connectivity index (χ3v) is 2.51. The number of carbonyl (C=O) groups is 1. The van der Waals surface area contributed by atoms with E-state index in [-0.39, 0.29) is 18.0 Å². The van der Waals surface area contributed by atoms with Crippen LogP contribution in [0.15, 0.2) is 30.7 Å². The molecule has 0 saturated heterocycles. The van der Waals surface area contributed by atoms with Crippen LogP contribution in [0.1, 0.15) is 22.5 Å². The van der Waals surface area contributed by atoms with Crippen molar-refractivity contribution in [2.24, 2.45) is 0 Å². The normalized spacial score (nSPS) is 9.84. The molecule has 0 atom stereocenters. The van der Waals surface area contributed by atoms with Gasteiger partial charge in [-0.1, -0.05) is 6.07 Å². The van der Waals surface area contributed by atoms with E-state index in [1.54, 1.807) is 23.4 Å². The van der Waals surface area contributed by atoms with Gasteiger partial charge < -0.3 is 4.90 Å². The second kappa shape index (κ2) is 6.26. The molecule has 0 spiro atoms. The van der Waals surface area contributed by atoms with Gasteiger partial charge in [-0.25, -0.2) is 0 Å². The first-order valence-corrected chi connectivity index (χ1v) is 5.72. The Kier molecular flexibility index (Phi) is 4.18. The van der Waals surface area contributed by atoms with Crippen LogP contribution in [-0.2, 0) is 6.54 Å². The first kappa shape index (κ1) is 12.7. The Morgan fingerprint density at radius 2 is 2.37 bits per heavy atom. The van der Waals surface area contributed by atoms with Crippen LogP contribution in [0, 0.1) is 11.3 Å². The second-order valence-corrected chi connectivity index (χ2v) is 3.85. The number of pyridine rings is 1. The summed E-state index contributed by atoms with van der Waals surface area (Å²) in [7, 11) is 0. The molecule has 0 fully saturated rings. The van der Waals surface area contributed by atoms with Crippen LogP contribution in [-0.4, -0.2) is 37.7 Å². The largest absolute Gasteiger partial charge is 0.332 e. The van der Waals surface area contributed by atoms with E-state index in [1.807, 2.05) is 12.1 Å². The Balaban J connectivity index is 2.12. The fraction of sp³-hybridized carbons (Fsp3) is 0.250. The zero-order valence-corrected chi connectivity index (χ0v) is 10.2. The standard InChI is InChI=1S/C12H12N6O/c13-4-2-6-18(9-10-3-1-5-14-7-10)12(19)11-8-15-17-16-11/h1,3,5,7-8H,2,6,9H2,(H,15,16,17). The van der Waals surface area contributed by atoms with Gasteiger partial charge in [-0.2, -0.15) is 20.7 Å². The van der Waals surface area contributed by atoms with Crippen molar-refractivity contribution in [2.75, 3.05) is 6.54 Å². The van der Waals surface area contributed by atoms with E-state index < -0.39 is 0 Å². The second-order valence-electron chi connectivity index (χ2n) is 3.85. The van der Waals surface area contributed by atoms with Gasteiger partial charge in [0, 0.05) is 25.5 Å². The molecule has 2 heterocycles. The first-order valence-electron chi connectivity index (χ1n) is 5.72. The van der Waals surface area contributed by atoms with Crippen LogP contribution in [0.5, 0.6) is 0 Å². The van der Waals surface area contributed by atoms with Crippen molar-refractivity contribution >= 4 is 5.91 Å². The number of nitriles is 1. The molecule has 19 heavy (non-hydrogen) atoms. The summed E-state index contributed by atoms with van der Waals surface area (Å²) in [6.45, 7) is 0.734. The lowest BCUT2D eigenvalue weighted by atomic mass is 10.2. The SMILES string of the molecule is N#CCCN(Cc1cccnc1)C(=O)c1cn[nH]n1. The molecule has 0 aliphatic rings. The van der Waals surface area contributed by atoms with E-state index in [0.29, 0.717) is 13.1 Å². The first-order chi connectivity index (χ1) is 9.31. The van der Waals surface area contributed by atoms with Crippen molar-refractivity contribution in [1.29, 1.82) is 5.26 Å². The van der Waals surface area contributed by atoms with Crippen molar-refractivity contribution in [3.8, 4) is 6.07 Å². The average Bonchev–Trinajstić information content (AvgIpc) is 2.98. The highest BCUT2D eigenvalue weighted by molar-refractivity contribution is 5.91. The van der Waals surface area contributed by atoms with E-state index >= 15 is 0 Å². The number of rotatable bonds is 5. The molecule has 0 aliphatic heterocycles. The molecule has 2 aromatic rings. The lowest BCUT2D eigenvalue weighted by Crippen LogP contribution is -2.31. The van der Waals surface area contributed by atoms with Crippen molar-refractivity contribution < 1.29 is 4.79 Å². The van der Waals surface area contributed by atoms with Gasteiger partial charge in [0.05, 0.1) is 18.7 Å². The highest BCUT2D eigenvalue weighted by Gasteiger charge is 2.18. The number of aromatic amines is 1. The van der Waals surface area contributed by atoms with Gasteiger partial charge in [-0.3, -0.25) is 9.78 Å². The monoisotopic (exact) mass is 256 g/mol. The molecule has 7 heteroatoms. The molecule has 2 aromatic heterocycles. The van der Waals surface area contributed by atoms with Gasteiger partial charge in [0.15, 0.2) is 5.69 Å². The fourth-order valence-corrected chi connectivity index (χ4v) is 1.62. The number of aromatic nitrogens is 4. The smallest absolute Gasteiger partial charge is 0.276 e. The maximum atomic E-state index is 12.2. The van der Waals surface area contributed by atoms with Crippen LogP contribution < -0.4 is 0 Å². The molecule has 1 N–H and O–H groups in total. The van der Waals surface area contributed by atoms with Crippen molar-refractivity contribution in [1.82, 2.24) is 25.3 Å². The summed E-state index contributed by atoms with van der Waals surface area (Å²) in [4.78, 5) is 17.7. The average molecular weight is 256 g/mol. The van der Waals surface area contributed by atoms with Crippen molar-refractivity contribution in [3.63, 3.8) is 0 Å². The fourth-order valence-electron chi connectivity index (χ4n) is 1.62. The molecular weight excluding hydrogens is 244 g/mol. The molecule has 0 unspecified atom stereocenters. The number of amides is 1. The Hall–Kier alpha value is -2.75. The molecule has 1 amide bonds. The summed E-state index contributed by atoms with van der Waals surface area (Å²) in [6, 6.07) is 5.71. The summed E-state index contributed by atoms with van der Waals surface area (Å²) in [5.74, 6) is -0.257. The maximum absolute atomic E-state index is 12.2. The molecule has 0 bridgehead atoms. The number of carbonyl (C=O) groups excluding carboxylic acids is 1. The molecule has 0 radical (unpaired) electrons. The van der Waals surface area contributed by atoms with Crippen molar-refractivity contribution in [3.05, 3.63) is 42.0 Å². The van der Waals surface area contributed by atoms with Crippen LogP contribution in [0.25, 0.3) is 0 Å². The number of nitrogens with one attached hydrogen (secondary N) is 1. The molecule has 0 saturated carbocycles. The Bertz CT molecular complexity index is 560. The molecular formula is C12H12N6O. The van der Waals surface area contributed by atoms with Gasteiger partial charge in [0.1, 0.15) is 0 Å². The van der Waals surface area contributed by atoms with Gasteiger partial charge >= 0.3 is 0 Å². The Morgan fingerprint density at radius 1 is 1.47 bits per heavy atom. The van der Waals surface area contributed by atoms with Crippen molar-refractivity contribution in [2.45, 2.75) is 13.0 Å². The summed E-state index contributed by atoms with van der Waals surface area (Å²) >= 11 is 0. The number of hydrogen-bond donors (Lipinski definition) is 1. The van der Waals surface area contributed by atoms with E-state index in [9.17, 15) is 4.79 Å². The number of hydrogen-bond acceptors (Lipinski definition) is 5. The quantitative estimate of drug-likeness (QED) is 0.851. The Morgan fingerprint density at radius 3 is 3.00 bits per heavy atom. The van der Waals surface area contributed by atoms with E-state index in [0.717, 1.165) is 5.56 Å². The zero-order valence-electron chi connectivity index (χ0n) is 10.2. The topological polar surface area (TPSA) is 98.6 Å². The van der Waals surface area contributed by atoms with E-state index in [1.165, 1.54) is 6.20 Å². The molecule has 0 aliphatic carbocycles. The number of H-pyrrole nitrogens is 1. The Labute approximate surface area is 109 Å². The third kappa shape index (κ3) is 3.35. The summed E-state index contributed by atoms with van der Waals surface area (Å²) in [5, 5.41) is 18.4. The summed E-state index contributed by atoms with van der Waals surface area (Å²) in [6.07, 6.45) is 4.99. The lowest BCUT2D eigenvalue weighted by Gasteiger charge is -2.20. The minimum absolute atomic E-state index is 0.238. The van der Waals surface area contributed by atoms with E-state index in [2.05, 4.69) is 20.4 Å². The number of nitrogens with zero attached hydrogens (tertiary/aromatic N) is 5. The maximum Gasteiger partial charge on any atom is 0.276 e. The molecule has 7 nitrogen and oxygen atoms in total. The van der Waals surface area contributed by atoms with Crippen LogP contribution in [0.2, 0.25) is 0 Å². The summed E-state index contributed by atoms with van der Waals surface area (Å²) in [5.41, 5.74) is 1.14. The van der Waals surface area contributed by atoms with Gasteiger partial charge in [-0.15, -0.1) is 0 Å². The zero-order chi connectivity index (χ0) is 13.5. The highest BCUT2D eigenvalue weighted by Crippen LogP contribution is 2.07. The molecule has 2 rings (SSSR count). The lowest BCUT2D eigenvalue weighted by molar-refractivity contribution is 0.0740. The molecule has 0 aromatic carbocycles. The van der Waals surface area contributed by atoms with Gasteiger partial charge in [0.25, 0.3) is 5.91 Å². The van der Waals surface area contributed by atoms with Gasteiger partial charge in [-0.05, 0) is 11.6 Å². The minimum Gasteiger partial charge on any atom is -0.332 e. The molecule has 96 valence electrons. The summed E-state index contributed by atoms with van der Waals surface area (Å²) < 4.78 is 0. The van der Waals surface area contributed by atoms with Crippen LogP contribution in [0.4, 0.5) is 0 Å². The highest BCUT2D eigenvalue weighted by atomic mass is 16.2. The predicted molar refractivity (Wildman–Crippen MR) is 65.6 cm³/mol. The predicted octanol–water partition coefficient (Wildman–Crippen LogP) is 0.756. The minimum atomic E-state index is -0.257. The van der Waals surface area contributed by atoms with Gasteiger partial charge in [0.2, 0.25) is 0 Å².